The van der Waals surface area contributed by atoms with E-state index in [1.807, 2.05) is 11.8 Å². The van der Waals surface area contributed by atoms with E-state index in [9.17, 15) is 14.7 Å². The van der Waals surface area contributed by atoms with Crippen LogP contribution in [0.25, 0.3) is 10.9 Å². The van der Waals surface area contributed by atoms with Crippen molar-refractivity contribution in [3.8, 4) is 5.75 Å². The monoisotopic (exact) mass is 411 g/mol. The van der Waals surface area contributed by atoms with Crippen LogP contribution >= 0.6 is 0 Å². The molecule has 1 atom stereocenters. The Bertz CT molecular complexity index is 1290. The molecule has 5 rings (SSSR count). The number of hydrogen-bond donors (Lipinski definition) is 2. The first-order chi connectivity index (χ1) is 14.3. The second-order valence-corrected chi connectivity index (χ2v) is 7.55. The van der Waals surface area contributed by atoms with Gasteiger partial charge in [-0.3, -0.25) is 4.79 Å². The maximum absolute atomic E-state index is 15.3. The van der Waals surface area contributed by atoms with Crippen LogP contribution in [-0.4, -0.2) is 38.8 Å². The van der Waals surface area contributed by atoms with Crippen LogP contribution in [0, 0.1) is 5.82 Å². The summed E-state index contributed by atoms with van der Waals surface area (Å²) in [6.45, 7) is 2.92. The molecule has 9 nitrogen and oxygen atoms in total. The molecule has 0 radical (unpaired) electrons. The molecule has 3 N–H and O–H groups in total. The van der Waals surface area contributed by atoms with Crippen molar-refractivity contribution in [2.24, 2.45) is 0 Å². The van der Waals surface area contributed by atoms with Crippen LogP contribution in [0.1, 0.15) is 34.6 Å². The van der Waals surface area contributed by atoms with Crippen molar-refractivity contribution >= 4 is 28.5 Å². The maximum atomic E-state index is 15.3. The molecule has 0 bridgehead atoms. The summed E-state index contributed by atoms with van der Waals surface area (Å²) in [5.41, 5.74) is 6.84. The van der Waals surface area contributed by atoms with Gasteiger partial charge in [-0.2, -0.15) is 0 Å². The van der Waals surface area contributed by atoms with Gasteiger partial charge in [-0.25, -0.2) is 19.2 Å². The number of halogens is 1. The summed E-state index contributed by atoms with van der Waals surface area (Å²) in [5.74, 6) is -1.54. The van der Waals surface area contributed by atoms with E-state index in [1.54, 1.807) is 10.8 Å². The van der Waals surface area contributed by atoms with Gasteiger partial charge in [0.1, 0.15) is 17.9 Å². The molecule has 0 fully saturated rings. The molecular weight excluding hydrogens is 393 g/mol. The Morgan fingerprint density at radius 2 is 2.23 bits per heavy atom. The normalized spacial score (nSPS) is 17.5. The summed E-state index contributed by atoms with van der Waals surface area (Å²) in [6.07, 6.45) is 3.50. The number of nitrogens with two attached hydrogens (primary N) is 1. The Balaban J connectivity index is 1.73. The van der Waals surface area contributed by atoms with Gasteiger partial charge >= 0.3 is 5.97 Å². The molecule has 0 saturated carbocycles. The topological polar surface area (TPSA) is 124 Å². The molecule has 30 heavy (non-hydrogen) atoms. The number of pyridine rings is 1. The molecule has 0 saturated heterocycles. The molecule has 0 aliphatic carbocycles. The third kappa shape index (κ3) is 2.60. The van der Waals surface area contributed by atoms with Crippen molar-refractivity contribution in [3.63, 3.8) is 0 Å². The van der Waals surface area contributed by atoms with Crippen LogP contribution in [0.5, 0.6) is 5.75 Å². The number of nitrogens with zero attached hydrogens (tertiary/aromatic N) is 4. The molecular formula is C20H18FN5O4. The van der Waals surface area contributed by atoms with Gasteiger partial charge in [0.05, 0.1) is 22.6 Å². The number of aromatic carboxylic acids is 1. The molecule has 4 heterocycles. The van der Waals surface area contributed by atoms with Gasteiger partial charge in [0.25, 0.3) is 0 Å². The summed E-state index contributed by atoms with van der Waals surface area (Å²) < 4.78 is 22.9. The maximum Gasteiger partial charge on any atom is 0.341 e. The smallest absolute Gasteiger partial charge is 0.341 e. The van der Waals surface area contributed by atoms with E-state index < -0.39 is 22.8 Å². The van der Waals surface area contributed by atoms with Crippen molar-refractivity contribution in [1.29, 1.82) is 0 Å². The Labute approximate surface area is 169 Å². The number of rotatable bonds is 2. The lowest BCUT2D eigenvalue weighted by atomic mass is 10.0. The minimum absolute atomic E-state index is 0.00813. The SMILES string of the molecule is CC1COc2c(N3CCc4nc(N)ncc4C3)c(F)cc3c(=O)c(C(=O)O)cn1c23. The molecule has 1 unspecified atom stereocenters. The van der Waals surface area contributed by atoms with Crippen molar-refractivity contribution < 1.29 is 19.0 Å². The Hall–Kier alpha value is -3.69. The van der Waals surface area contributed by atoms with Crippen molar-refractivity contribution in [1.82, 2.24) is 14.5 Å². The van der Waals surface area contributed by atoms with E-state index in [-0.39, 0.29) is 35.4 Å². The number of nitrogen functional groups attached to an aromatic ring is 1. The third-order valence-electron chi connectivity index (χ3n) is 5.64. The van der Waals surface area contributed by atoms with Crippen LogP contribution in [0.3, 0.4) is 0 Å². The van der Waals surface area contributed by atoms with Gasteiger partial charge in [-0.05, 0) is 13.0 Å². The van der Waals surface area contributed by atoms with Gasteiger partial charge in [0, 0.05) is 37.5 Å². The number of carboxylic acid groups (broad SMARTS) is 1. The lowest BCUT2D eigenvalue weighted by Crippen LogP contribution is -2.34. The predicted octanol–water partition coefficient (Wildman–Crippen LogP) is 1.73. The summed E-state index contributed by atoms with van der Waals surface area (Å²) in [5, 5.41) is 9.38. The van der Waals surface area contributed by atoms with Gasteiger partial charge in [-0.1, -0.05) is 0 Å². The fourth-order valence-electron chi connectivity index (χ4n) is 4.18. The molecule has 10 heteroatoms. The van der Waals surface area contributed by atoms with Gasteiger partial charge in [-0.15, -0.1) is 0 Å². The lowest BCUT2D eigenvalue weighted by molar-refractivity contribution is 0.0694. The first-order valence-electron chi connectivity index (χ1n) is 9.47. The zero-order chi connectivity index (χ0) is 21.2. The highest BCUT2D eigenvalue weighted by atomic mass is 19.1. The zero-order valence-electron chi connectivity index (χ0n) is 16.1. The minimum Gasteiger partial charge on any atom is -0.487 e. The number of benzene rings is 1. The van der Waals surface area contributed by atoms with Crippen LogP contribution in [0.2, 0.25) is 0 Å². The van der Waals surface area contributed by atoms with Gasteiger partial charge < -0.3 is 25.0 Å². The molecule has 3 aromatic rings. The average molecular weight is 411 g/mol. The lowest BCUT2D eigenvalue weighted by Gasteiger charge is -2.34. The molecule has 2 aromatic heterocycles. The Kier molecular flexibility index (Phi) is 3.92. The number of anilines is 2. The third-order valence-corrected chi connectivity index (χ3v) is 5.64. The molecule has 2 aliphatic rings. The highest BCUT2D eigenvalue weighted by Crippen LogP contribution is 2.43. The van der Waals surface area contributed by atoms with Crippen LogP contribution in [0.4, 0.5) is 16.0 Å². The quantitative estimate of drug-likeness (QED) is 0.653. The van der Waals surface area contributed by atoms with Crippen LogP contribution in [-0.2, 0) is 13.0 Å². The van der Waals surface area contributed by atoms with E-state index in [1.165, 1.54) is 6.20 Å². The minimum atomic E-state index is -1.35. The number of hydrogen-bond acceptors (Lipinski definition) is 7. The van der Waals surface area contributed by atoms with Gasteiger partial charge in [0.2, 0.25) is 11.4 Å². The number of carboxylic acids is 1. The fourth-order valence-corrected chi connectivity index (χ4v) is 4.18. The standard InChI is InChI=1S/C20H18FN5O4/c1-9-8-30-18-15-11(17(27)12(19(28)29)7-26(9)15)4-13(21)16(18)25-3-2-14-10(6-25)5-23-20(22)24-14/h4-5,7,9H,2-3,6,8H2,1H3,(H,28,29)(H2,22,23,24). The average Bonchev–Trinajstić information content (AvgIpc) is 2.71. The summed E-state index contributed by atoms with van der Waals surface area (Å²) in [4.78, 5) is 34.3. The van der Waals surface area contributed by atoms with E-state index in [0.717, 1.165) is 17.3 Å². The fraction of sp³-hybridized carbons (Fsp3) is 0.300. The zero-order valence-corrected chi connectivity index (χ0v) is 16.1. The van der Waals surface area contributed by atoms with E-state index in [0.29, 0.717) is 25.0 Å². The highest BCUT2D eigenvalue weighted by molar-refractivity contribution is 5.97. The predicted molar refractivity (Wildman–Crippen MR) is 107 cm³/mol. The Morgan fingerprint density at radius 1 is 1.43 bits per heavy atom. The van der Waals surface area contributed by atoms with Crippen LogP contribution < -0.4 is 20.8 Å². The number of fused-ring (bicyclic) bond motifs is 1. The Morgan fingerprint density at radius 3 is 3.00 bits per heavy atom. The van der Waals surface area contributed by atoms with Crippen LogP contribution in [0.15, 0.2) is 23.3 Å². The van der Waals surface area contributed by atoms with Crippen molar-refractivity contribution in [3.05, 3.63) is 51.3 Å². The number of carbonyl (C=O) groups is 1. The largest absolute Gasteiger partial charge is 0.487 e. The van der Waals surface area contributed by atoms with E-state index in [4.69, 9.17) is 10.5 Å². The first kappa shape index (κ1) is 18.3. The summed E-state index contributed by atoms with van der Waals surface area (Å²) in [6, 6.07) is 0.894. The summed E-state index contributed by atoms with van der Waals surface area (Å²) in [7, 11) is 0. The molecule has 0 amide bonds. The van der Waals surface area contributed by atoms with E-state index >= 15 is 4.39 Å². The molecule has 0 spiro atoms. The molecule has 2 aliphatic heterocycles. The molecule has 1 aromatic carbocycles. The molecule has 154 valence electrons. The first-order valence-corrected chi connectivity index (χ1v) is 9.47. The number of aromatic nitrogens is 3. The second-order valence-electron chi connectivity index (χ2n) is 7.55. The van der Waals surface area contributed by atoms with E-state index in [2.05, 4.69) is 9.97 Å². The van der Waals surface area contributed by atoms with Crippen molar-refractivity contribution in [2.75, 3.05) is 23.8 Å². The van der Waals surface area contributed by atoms with Crippen molar-refractivity contribution in [2.45, 2.75) is 25.9 Å². The second kappa shape index (κ2) is 6.41. The number of ether oxygens (including phenoxy) is 1. The summed E-state index contributed by atoms with van der Waals surface area (Å²) >= 11 is 0. The van der Waals surface area contributed by atoms with Gasteiger partial charge in [0.15, 0.2) is 11.6 Å². The highest BCUT2D eigenvalue weighted by Gasteiger charge is 2.31.